The topological polar surface area (TPSA) is 74.3 Å². The van der Waals surface area contributed by atoms with Crippen molar-refractivity contribution in [2.75, 3.05) is 25.5 Å². The largest absolute Gasteiger partial charge is 0.373 e. The van der Waals surface area contributed by atoms with Gasteiger partial charge in [0.05, 0.1) is 0 Å². The van der Waals surface area contributed by atoms with Crippen molar-refractivity contribution in [3.05, 3.63) is 58.2 Å². The molecule has 1 aromatic carbocycles. The van der Waals surface area contributed by atoms with Crippen molar-refractivity contribution in [2.45, 2.75) is 19.4 Å². The van der Waals surface area contributed by atoms with Gasteiger partial charge < -0.3 is 15.5 Å². The lowest BCUT2D eigenvalue weighted by Crippen LogP contribution is -2.28. The first-order valence-electron chi connectivity index (χ1n) is 8.58. The molecule has 2 N–H and O–H groups in total. The fraction of sp³-hybridized carbons (Fsp3) is 0.316. The number of benzene rings is 1. The molecule has 3 rings (SSSR count). The minimum absolute atomic E-state index is 0.0512. The molecule has 0 aliphatic carbocycles. The third-order valence-corrected chi connectivity index (χ3v) is 4.53. The van der Waals surface area contributed by atoms with Gasteiger partial charge in [-0.25, -0.2) is 4.98 Å². The van der Waals surface area contributed by atoms with E-state index in [1.807, 2.05) is 29.2 Å². The number of halogens is 1. The van der Waals surface area contributed by atoms with Gasteiger partial charge >= 0.3 is 0 Å². The van der Waals surface area contributed by atoms with Crippen LogP contribution in [0.2, 0.25) is 5.15 Å². The molecule has 1 aromatic heterocycles. The van der Waals surface area contributed by atoms with Gasteiger partial charge in [-0.2, -0.15) is 0 Å². The Bertz CT molecular complexity index is 819. The SMILES string of the molecule is CNc1cc(C(=O)NCc2cccc(C(=O)N3CCCC3)c2)cc(Cl)n1. The molecule has 1 fully saturated rings. The van der Waals surface area contributed by atoms with Gasteiger partial charge in [-0.05, 0) is 42.7 Å². The Kier molecular flexibility index (Phi) is 5.73. The van der Waals surface area contributed by atoms with Gasteiger partial charge in [0.15, 0.2) is 0 Å². The summed E-state index contributed by atoms with van der Waals surface area (Å²) in [6.45, 7) is 1.96. The number of hydrogen-bond acceptors (Lipinski definition) is 4. The van der Waals surface area contributed by atoms with E-state index in [1.54, 1.807) is 13.1 Å². The predicted molar refractivity (Wildman–Crippen MR) is 102 cm³/mol. The second kappa shape index (κ2) is 8.19. The average molecular weight is 373 g/mol. The van der Waals surface area contributed by atoms with Gasteiger partial charge in [-0.1, -0.05) is 23.7 Å². The Labute approximate surface area is 157 Å². The number of carbonyl (C=O) groups excluding carboxylic acids is 2. The van der Waals surface area contributed by atoms with Crippen molar-refractivity contribution in [2.24, 2.45) is 0 Å². The smallest absolute Gasteiger partial charge is 0.253 e. The first-order chi connectivity index (χ1) is 12.6. The third-order valence-electron chi connectivity index (χ3n) is 4.33. The maximum Gasteiger partial charge on any atom is 0.253 e. The summed E-state index contributed by atoms with van der Waals surface area (Å²) in [5.41, 5.74) is 1.96. The van der Waals surface area contributed by atoms with Crippen molar-refractivity contribution in [3.63, 3.8) is 0 Å². The highest BCUT2D eigenvalue weighted by molar-refractivity contribution is 6.29. The van der Waals surface area contributed by atoms with Crippen molar-refractivity contribution >= 4 is 29.2 Å². The first kappa shape index (κ1) is 18.2. The van der Waals surface area contributed by atoms with Crippen LogP contribution in [-0.4, -0.2) is 41.8 Å². The number of pyridine rings is 1. The van der Waals surface area contributed by atoms with Crippen molar-refractivity contribution in [3.8, 4) is 0 Å². The number of anilines is 1. The summed E-state index contributed by atoms with van der Waals surface area (Å²) in [6, 6.07) is 10.5. The maximum absolute atomic E-state index is 12.5. The molecule has 2 heterocycles. The van der Waals surface area contributed by atoms with E-state index in [-0.39, 0.29) is 17.0 Å². The Hall–Kier alpha value is -2.60. The standard InChI is InChI=1S/C19H21ClN4O2/c1-21-17-11-15(10-16(20)23-17)18(25)22-12-13-5-4-6-14(9-13)19(26)24-7-2-3-8-24/h4-6,9-11H,2-3,7-8,12H2,1H3,(H,21,23)(H,22,25). The van der Waals surface area contributed by atoms with Crippen LogP contribution in [0.15, 0.2) is 36.4 Å². The van der Waals surface area contributed by atoms with E-state index in [4.69, 9.17) is 11.6 Å². The maximum atomic E-state index is 12.5. The van der Waals surface area contributed by atoms with Crippen LogP contribution in [0.3, 0.4) is 0 Å². The van der Waals surface area contributed by atoms with Crippen LogP contribution in [0.4, 0.5) is 5.82 Å². The molecule has 0 atom stereocenters. The number of nitrogens with one attached hydrogen (secondary N) is 2. The minimum Gasteiger partial charge on any atom is -0.373 e. The highest BCUT2D eigenvalue weighted by Gasteiger charge is 2.19. The zero-order chi connectivity index (χ0) is 18.5. The summed E-state index contributed by atoms with van der Waals surface area (Å²) < 4.78 is 0. The number of aromatic nitrogens is 1. The summed E-state index contributed by atoms with van der Waals surface area (Å²) in [6.07, 6.45) is 2.12. The average Bonchev–Trinajstić information content (AvgIpc) is 3.20. The van der Waals surface area contributed by atoms with Gasteiger partial charge in [0.25, 0.3) is 11.8 Å². The molecule has 0 radical (unpaired) electrons. The van der Waals surface area contributed by atoms with Crippen molar-refractivity contribution < 1.29 is 9.59 Å². The van der Waals surface area contributed by atoms with E-state index >= 15 is 0 Å². The molecule has 7 heteroatoms. The molecule has 6 nitrogen and oxygen atoms in total. The Morgan fingerprint density at radius 2 is 1.92 bits per heavy atom. The van der Waals surface area contributed by atoms with E-state index < -0.39 is 0 Å². The van der Waals surface area contributed by atoms with Gasteiger partial charge in [0.2, 0.25) is 0 Å². The predicted octanol–water partition coefficient (Wildman–Crippen LogP) is 2.94. The third kappa shape index (κ3) is 4.32. The van der Waals surface area contributed by atoms with Gasteiger partial charge in [0.1, 0.15) is 11.0 Å². The summed E-state index contributed by atoms with van der Waals surface area (Å²) in [4.78, 5) is 30.8. The summed E-state index contributed by atoms with van der Waals surface area (Å²) in [7, 11) is 1.71. The monoisotopic (exact) mass is 372 g/mol. The number of carbonyl (C=O) groups is 2. The van der Waals surface area contributed by atoms with Crippen LogP contribution in [0.25, 0.3) is 0 Å². The Morgan fingerprint density at radius 1 is 1.15 bits per heavy atom. The number of amides is 2. The first-order valence-corrected chi connectivity index (χ1v) is 8.96. The number of nitrogens with zero attached hydrogens (tertiary/aromatic N) is 2. The van der Waals surface area contributed by atoms with E-state index in [1.165, 1.54) is 6.07 Å². The van der Waals surface area contributed by atoms with Gasteiger partial charge in [-0.15, -0.1) is 0 Å². The second-order valence-electron chi connectivity index (χ2n) is 6.20. The van der Waals surface area contributed by atoms with Crippen molar-refractivity contribution in [1.29, 1.82) is 0 Å². The van der Waals surface area contributed by atoms with E-state index in [0.717, 1.165) is 31.5 Å². The molecule has 2 aromatic rings. The second-order valence-corrected chi connectivity index (χ2v) is 6.58. The summed E-state index contributed by atoms with van der Waals surface area (Å²) in [5, 5.41) is 5.97. The highest BCUT2D eigenvalue weighted by atomic mass is 35.5. The molecule has 1 saturated heterocycles. The lowest BCUT2D eigenvalue weighted by molar-refractivity contribution is 0.0792. The van der Waals surface area contributed by atoms with Crippen LogP contribution in [0.5, 0.6) is 0 Å². The van der Waals surface area contributed by atoms with Crippen LogP contribution in [-0.2, 0) is 6.54 Å². The molecule has 136 valence electrons. The molecule has 0 bridgehead atoms. The van der Waals surface area contributed by atoms with E-state index in [2.05, 4.69) is 15.6 Å². The lowest BCUT2D eigenvalue weighted by atomic mass is 10.1. The summed E-state index contributed by atoms with van der Waals surface area (Å²) in [5.74, 6) is 0.332. The number of rotatable bonds is 5. The molecule has 0 saturated carbocycles. The summed E-state index contributed by atoms with van der Waals surface area (Å²) >= 11 is 5.93. The fourth-order valence-electron chi connectivity index (χ4n) is 2.96. The van der Waals surface area contributed by atoms with Crippen LogP contribution < -0.4 is 10.6 Å². The molecular weight excluding hydrogens is 352 g/mol. The zero-order valence-electron chi connectivity index (χ0n) is 14.6. The molecule has 0 spiro atoms. The van der Waals surface area contributed by atoms with Crippen LogP contribution >= 0.6 is 11.6 Å². The number of likely N-dealkylation sites (tertiary alicyclic amines) is 1. The Balaban J connectivity index is 1.66. The van der Waals surface area contributed by atoms with Gasteiger partial charge in [-0.3, -0.25) is 9.59 Å². The van der Waals surface area contributed by atoms with Crippen LogP contribution in [0, 0.1) is 0 Å². The van der Waals surface area contributed by atoms with Crippen molar-refractivity contribution in [1.82, 2.24) is 15.2 Å². The van der Waals surface area contributed by atoms with E-state index in [0.29, 0.717) is 23.5 Å². The van der Waals surface area contributed by atoms with Crippen LogP contribution in [0.1, 0.15) is 39.1 Å². The fourth-order valence-corrected chi connectivity index (χ4v) is 3.17. The molecule has 26 heavy (non-hydrogen) atoms. The van der Waals surface area contributed by atoms with Gasteiger partial charge in [0, 0.05) is 37.8 Å². The molecule has 1 aliphatic heterocycles. The molecular formula is C19H21ClN4O2. The van der Waals surface area contributed by atoms with E-state index in [9.17, 15) is 9.59 Å². The highest BCUT2D eigenvalue weighted by Crippen LogP contribution is 2.16. The molecule has 2 amide bonds. The minimum atomic E-state index is -0.248. The normalized spacial score (nSPS) is 13.5. The molecule has 0 unspecified atom stereocenters. The Morgan fingerprint density at radius 3 is 2.65 bits per heavy atom. The lowest BCUT2D eigenvalue weighted by Gasteiger charge is -2.15. The zero-order valence-corrected chi connectivity index (χ0v) is 15.3. The quantitative estimate of drug-likeness (QED) is 0.791. The molecule has 1 aliphatic rings. The number of hydrogen-bond donors (Lipinski definition) is 2.